The highest BCUT2D eigenvalue weighted by molar-refractivity contribution is 5.87. The zero-order valence-electron chi connectivity index (χ0n) is 17.0. The maximum atomic E-state index is 11.1. The number of carbonyl (C=O) groups excluding carboxylic acids is 1. The van der Waals surface area contributed by atoms with Gasteiger partial charge in [-0.3, -0.25) is 0 Å². The third-order valence-corrected chi connectivity index (χ3v) is 4.34. The molecule has 2 heteroatoms. The number of rotatable bonds is 13. The van der Waals surface area contributed by atoms with Gasteiger partial charge in [0, 0.05) is 5.57 Å². The van der Waals surface area contributed by atoms with Crippen molar-refractivity contribution >= 4 is 12.0 Å². The van der Waals surface area contributed by atoms with E-state index in [9.17, 15) is 4.79 Å². The summed E-state index contributed by atoms with van der Waals surface area (Å²) < 4.78 is 4.62. The largest absolute Gasteiger partial charge is 0.466 e. The van der Waals surface area contributed by atoms with Crippen LogP contribution in [0.5, 0.6) is 0 Å². The highest BCUT2D eigenvalue weighted by atomic mass is 16.5. The van der Waals surface area contributed by atoms with Gasteiger partial charge in [0.15, 0.2) is 0 Å². The highest BCUT2D eigenvalue weighted by Crippen LogP contribution is 2.13. The number of methoxy groups -OCH3 is 1. The van der Waals surface area contributed by atoms with Gasteiger partial charge in [-0.1, -0.05) is 114 Å². The van der Waals surface area contributed by atoms with Crippen molar-refractivity contribution in [2.24, 2.45) is 0 Å². The fourth-order valence-electron chi connectivity index (χ4n) is 2.66. The fraction of sp³-hybridized carbons (Fsp3) is 0.542. The van der Waals surface area contributed by atoms with Crippen LogP contribution in [-0.4, -0.2) is 13.1 Å². The lowest BCUT2D eigenvalue weighted by molar-refractivity contribution is -0.136. The molecule has 146 valence electrons. The topological polar surface area (TPSA) is 26.3 Å². The minimum Gasteiger partial charge on any atom is -0.466 e. The van der Waals surface area contributed by atoms with E-state index >= 15 is 0 Å². The predicted molar refractivity (Wildman–Crippen MR) is 114 cm³/mol. The van der Waals surface area contributed by atoms with Crippen LogP contribution in [0.1, 0.15) is 83.1 Å². The molecule has 0 aromatic heterocycles. The third kappa shape index (κ3) is 14.5. The van der Waals surface area contributed by atoms with E-state index in [1.165, 1.54) is 70.5 Å². The molecule has 2 nitrogen and oxygen atoms in total. The number of benzene rings is 1. The van der Waals surface area contributed by atoms with Crippen LogP contribution in [0.25, 0.3) is 6.08 Å². The van der Waals surface area contributed by atoms with Gasteiger partial charge in [-0.2, -0.15) is 0 Å². The lowest BCUT2D eigenvalue weighted by Gasteiger charge is -2.04. The Balaban J connectivity index is 0.000000642. The number of unbranched alkanes of at least 4 members (excludes halogenated alkanes) is 9. The Labute approximate surface area is 161 Å². The molecule has 0 amide bonds. The van der Waals surface area contributed by atoms with E-state index in [1.807, 2.05) is 36.4 Å². The first kappa shape index (κ1) is 24.2. The Kier molecular flexibility index (Phi) is 16.7. The summed E-state index contributed by atoms with van der Waals surface area (Å²) in [7, 11) is 1.41. The molecule has 0 N–H and O–H groups in total. The Morgan fingerprint density at radius 2 is 1.42 bits per heavy atom. The SMILES string of the molecule is C=C(CCCCCCCCCCCC)C(=O)OC.C=Cc1ccccc1. The molecular weight excluding hydrogens is 320 g/mol. The van der Waals surface area contributed by atoms with Crippen LogP contribution in [0, 0.1) is 0 Å². The van der Waals surface area contributed by atoms with Crippen molar-refractivity contribution in [1.82, 2.24) is 0 Å². The average molecular weight is 359 g/mol. The van der Waals surface area contributed by atoms with Crippen LogP contribution >= 0.6 is 0 Å². The maximum Gasteiger partial charge on any atom is 0.333 e. The molecule has 0 atom stereocenters. The molecule has 0 aliphatic carbocycles. The summed E-state index contributed by atoms with van der Waals surface area (Å²) in [5, 5.41) is 0. The van der Waals surface area contributed by atoms with Crippen LogP contribution < -0.4 is 0 Å². The molecule has 1 aromatic carbocycles. The van der Waals surface area contributed by atoms with Gasteiger partial charge in [0.1, 0.15) is 0 Å². The molecule has 1 aromatic rings. The molecule has 1 rings (SSSR count). The van der Waals surface area contributed by atoms with Crippen LogP contribution in [0.4, 0.5) is 0 Å². The predicted octanol–water partition coefficient (Wildman–Crippen LogP) is 7.36. The molecule has 26 heavy (non-hydrogen) atoms. The lowest BCUT2D eigenvalue weighted by atomic mass is 10.0. The summed E-state index contributed by atoms with van der Waals surface area (Å²) in [4.78, 5) is 11.1. The highest BCUT2D eigenvalue weighted by Gasteiger charge is 2.05. The Morgan fingerprint density at radius 3 is 1.85 bits per heavy atom. The Morgan fingerprint density at radius 1 is 0.923 bits per heavy atom. The first-order chi connectivity index (χ1) is 12.7. The first-order valence-electron chi connectivity index (χ1n) is 10.1. The first-order valence-corrected chi connectivity index (χ1v) is 10.1. The smallest absolute Gasteiger partial charge is 0.333 e. The molecule has 0 saturated carbocycles. The van der Waals surface area contributed by atoms with E-state index in [4.69, 9.17) is 0 Å². The van der Waals surface area contributed by atoms with Gasteiger partial charge in [-0.25, -0.2) is 4.79 Å². The van der Waals surface area contributed by atoms with Gasteiger partial charge in [-0.05, 0) is 18.4 Å². The summed E-state index contributed by atoms with van der Waals surface area (Å²) in [6.45, 7) is 9.61. The van der Waals surface area contributed by atoms with Crippen molar-refractivity contribution in [3.63, 3.8) is 0 Å². The van der Waals surface area contributed by atoms with Crippen LogP contribution in [0.2, 0.25) is 0 Å². The molecule has 0 aliphatic rings. The molecule has 0 fully saturated rings. The molecule has 0 unspecified atom stereocenters. The van der Waals surface area contributed by atoms with Crippen LogP contribution in [0.3, 0.4) is 0 Å². The Bertz CT molecular complexity index is 476. The van der Waals surface area contributed by atoms with Gasteiger partial charge in [-0.15, -0.1) is 0 Å². The zero-order valence-corrected chi connectivity index (χ0v) is 17.0. The summed E-state index contributed by atoms with van der Waals surface area (Å²) in [5.74, 6) is -0.258. The van der Waals surface area contributed by atoms with Crippen molar-refractivity contribution in [3.8, 4) is 0 Å². The second kappa shape index (κ2) is 18.0. The molecule has 0 radical (unpaired) electrons. The molecule has 0 aliphatic heterocycles. The molecular formula is C24H38O2. The quantitative estimate of drug-likeness (QED) is 0.209. The number of hydrogen-bond acceptors (Lipinski definition) is 2. The summed E-state index contributed by atoms with van der Waals surface area (Å²) >= 11 is 0. The summed E-state index contributed by atoms with van der Waals surface area (Å²) in [6, 6.07) is 10.0. The van der Waals surface area contributed by atoms with E-state index in [2.05, 4.69) is 24.8 Å². The number of ether oxygens (including phenoxy) is 1. The molecule has 0 spiro atoms. The maximum absolute atomic E-state index is 11.1. The second-order valence-corrected chi connectivity index (χ2v) is 6.64. The summed E-state index contributed by atoms with van der Waals surface area (Å²) in [6.07, 6.45) is 15.7. The summed E-state index contributed by atoms with van der Waals surface area (Å²) in [5.41, 5.74) is 1.78. The second-order valence-electron chi connectivity index (χ2n) is 6.64. The monoisotopic (exact) mass is 358 g/mol. The molecule has 0 heterocycles. The number of hydrogen-bond donors (Lipinski definition) is 0. The van der Waals surface area contributed by atoms with Crippen molar-refractivity contribution in [2.75, 3.05) is 7.11 Å². The standard InChI is InChI=1S/C16H30O2.C8H8/c1-4-5-6-7-8-9-10-11-12-13-14-15(2)16(17)18-3;1-2-8-6-4-3-5-7-8/h2,4-14H2,1,3H3;2-7H,1H2. The minimum atomic E-state index is -0.258. The third-order valence-electron chi connectivity index (χ3n) is 4.34. The van der Waals surface area contributed by atoms with Crippen molar-refractivity contribution in [2.45, 2.75) is 77.6 Å². The fourth-order valence-corrected chi connectivity index (χ4v) is 2.66. The van der Waals surface area contributed by atoms with Gasteiger partial charge < -0.3 is 4.74 Å². The van der Waals surface area contributed by atoms with E-state index in [-0.39, 0.29) is 5.97 Å². The van der Waals surface area contributed by atoms with Crippen LogP contribution in [0.15, 0.2) is 49.1 Å². The molecule has 0 saturated heterocycles. The van der Waals surface area contributed by atoms with Crippen molar-refractivity contribution < 1.29 is 9.53 Å². The molecule has 0 bridgehead atoms. The van der Waals surface area contributed by atoms with Crippen molar-refractivity contribution in [1.29, 1.82) is 0 Å². The minimum absolute atomic E-state index is 0.258. The Hall–Kier alpha value is -1.83. The van der Waals surface area contributed by atoms with Gasteiger partial charge in [0.25, 0.3) is 0 Å². The normalized spacial score (nSPS) is 9.77. The van der Waals surface area contributed by atoms with Gasteiger partial charge in [0.2, 0.25) is 0 Å². The number of esters is 1. The lowest BCUT2D eigenvalue weighted by Crippen LogP contribution is -2.03. The zero-order chi connectivity index (χ0) is 19.5. The van der Waals surface area contributed by atoms with E-state index < -0.39 is 0 Å². The van der Waals surface area contributed by atoms with Crippen LogP contribution in [-0.2, 0) is 9.53 Å². The van der Waals surface area contributed by atoms with E-state index in [0.29, 0.717) is 5.57 Å². The van der Waals surface area contributed by atoms with E-state index in [0.717, 1.165) is 12.8 Å². The average Bonchev–Trinajstić information content (AvgIpc) is 2.69. The van der Waals surface area contributed by atoms with E-state index in [1.54, 1.807) is 0 Å². The number of carbonyl (C=O) groups is 1. The van der Waals surface area contributed by atoms with Crippen molar-refractivity contribution in [3.05, 3.63) is 54.6 Å². The van der Waals surface area contributed by atoms with Gasteiger partial charge in [0.05, 0.1) is 7.11 Å². The van der Waals surface area contributed by atoms with Gasteiger partial charge >= 0.3 is 5.97 Å².